The second-order valence-electron chi connectivity index (χ2n) is 3.72. The van der Waals surface area contributed by atoms with Gasteiger partial charge in [-0.15, -0.1) is 39.9 Å². The predicted octanol–water partition coefficient (Wildman–Crippen LogP) is 4.40. The minimum absolute atomic E-state index is 0.0703. The molecule has 0 bridgehead atoms. The number of nitrogens with one attached hydrogen (secondary N) is 1. The molecule has 2 heterocycles. The first-order chi connectivity index (χ1) is 10.2. The SMILES string of the molecule is C=CCSc1nnc(NC(=O)CSCc2ccc(Cl)s2)s1. The highest BCUT2D eigenvalue weighted by atomic mass is 35.5. The van der Waals surface area contributed by atoms with Crippen molar-refractivity contribution in [3.8, 4) is 0 Å². The number of anilines is 1. The fourth-order valence-electron chi connectivity index (χ4n) is 1.28. The van der Waals surface area contributed by atoms with Gasteiger partial charge >= 0.3 is 0 Å². The van der Waals surface area contributed by atoms with Gasteiger partial charge in [0.25, 0.3) is 0 Å². The van der Waals surface area contributed by atoms with E-state index in [9.17, 15) is 4.79 Å². The average Bonchev–Trinajstić information content (AvgIpc) is 3.06. The maximum atomic E-state index is 11.8. The number of thiophene rings is 1. The zero-order valence-corrected chi connectivity index (χ0v) is 14.9. The van der Waals surface area contributed by atoms with Gasteiger partial charge in [-0.2, -0.15) is 0 Å². The zero-order chi connectivity index (χ0) is 15.1. The molecule has 0 saturated carbocycles. The molecule has 0 atom stereocenters. The molecule has 0 fully saturated rings. The fourth-order valence-corrected chi connectivity index (χ4v) is 4.83. The van der Waals surface area contributed by atoms with Gasteiger partial charge in [-0.05, 0) is 12.1 Å². The highest BCUT2D eigenvalue weighted by Crippen LogP contribution is 2.26. The van der Waals surface area contributed by atoms with E-state index in [0.29, 0.717) is 10.9 Å². The molecule has 112 valence electrons. The third-order valence-electron chi connectivity index (χ3n) is 2.08. The van der Waals surface area contributed by atoms with Gasteiger partial charge in [-0.3, -0.25) is 10.1 Å². The number of carbonyl (C=O) groups is 1. The van der Waals surface area contributed by atoms with Crippen molar-refractivity contribution in [3.63, 3.8) is 0 Å². The van der Waals surface area contributed by atoms with Gasteiger partial charge in [-0.25, -0.2) is 0 Å². The highest BCUT2D eigenvalue weighted by Gasteiger charge is 2.08. The number of nitrogens with zero attached hydrogens (tertiary/aromatic N) is 2. The minimum Gasteiger partial charge on any atom is -0.300 e. The maximum absolute atomic E-state index is 11.8. The van der Waals surface area contributed by atoms with Crippen LogP contribution >= 0.6 is 57.8 Å². The van der Waals surface area contributed by atoms with Crippen LogP contribution < -0.4 is 5.32 Å². The van der Waals surface area contributed by atoms with Crippen LogP contribution in [-0.4, -0.2) is 27.6 Å². The summed E-state index contributed by atoms with van der Waals surface area (Å²) in [7, 11) is 0. The van der Waals surface area contributed by atoms with E-state index >= 15 is 0 Å². The molecule has 2 aromatic heterocycles. The van der Waals surface area contributed by atoms with Crippen molar-refractivity contribution in [2.45, 2.75) is 10.1 Å². The monoisotopic (exact) mass is 377 g/mol. The molecule has 0 aliphatic carbocycles. The summed E-state index contributed by atoms with van der Waals surface area (Å²) >= 11 is 11.9. The first kappa shape index (κ1) is 16.8. The van der Waals surface area contributed by atoms with Crippen LogP contribution in [0.4, 0.5) is 5.13 Å². The van der Waals surface area contributed by atoms with Gasteiger partial charge in [0.2, 0.25) is 11.0 Å². The summed E-state index contributed by atoms with van der Waals surface area (Å²) in [4.78, 5) is 13.0. The largest absolute Gasteiger partial charge is 0.300 e. The van der Waals surface area contributed by atoms with Crippen molar-refractivity contribution < 1.29 is 4.79 Å². The topological polar surface area (TPSA) is 54.9 Å². The Labute approximate surface area is 144 Å². The lowest BCUT2D eigenvalue weighted by atomic mass is 10.5. The van der Waals surface area contributed by atoms with E-state index in [0.717, 1.165) is 25.1 Å². The quantitative estimate of drug-likeness (QED) is 0.419. The Morgan fingerprint density at radius 2 is 2.29 bits per heavy atom. The van der Waals surface area contributed by atoms with Gasteiger partial charge in [0.15, 0.2) is 4.34 Å². The van der Waals surface area contributed by atoms with Crippen LogP contribution in [0.5, 0.6) is 0 Å². The Kier molecular flexibility index (Phi) is 7.05. The Hall–Kier alpha value is -0.540. The van der Waals surface area contributed by atoms with Crippen LogP contribution in [0, 0.1) is 0 Å². The van der Waals surface area contributed by atoms with Gasteiger partial charge in [-0.1, -0.05) is 40.8 Å². The Morgan fingerprint density at radius 3 is 3.00 bits per heavy atom. The fraction of sp³-hybridized carbons (Fsp3) is 0.250. The Bertz CT molecular complexity index is 613. The lowest BCUT2D eigenvalue weighted by Crippen LogP contribution is -2.13. The molecule has 0 spiro atoms. The Balaban J connectivity index is 1.71. The molecule has 0 saturated heterocycles. The summed E-state index contributed by atoms with van der Waals surface area (Å²) in [5, 5.41) is 11.2. The minimum atomic E-state index is -0.0703. The molecule has 1 amide bonds. The normalized spacial score (nSPS) is 10.5. The summed E-state index contributed by atoms with van der Waals surface area (Å²) in [6, 6.07) is 3.84. The molecular formula is C12H12ClN3OS4. The molecule has 2 rings (SSSR count). The molecule has 4 nitrogen and oxygen atoms in total. The summed E-state index contributed by atoms with van der Waals surface area (Å²) < 4.78 is 1.60. The average molecular weight is 378 g/mol. The van der Waals surface area contributed by atoms with E-state index in [1.165, 1.54) is 22.7 Å². The smallest absolute Gasteiger partial charge is 0.236 e. The van der Waals surface area contributed by atoms with Crippen LogP contribution in [0.3, 0.4) is 0 Å². The molecule has 1 N–H and O–H groups in total. The van der Waals surface area contributed by atoms with E-state index in [1.54, 1.807) is 29.6 Å². The summed E-state index contributed by atoms with van der Waals surface area (Å²) in [6.45, 7) is 3.65. The molecule has 21 heavy (non-hydrogen) atoms. The number of carbonyl (C=O) groups excluding carboxylic acids is 1. The van der Waals surface area contributed by atoms with Crippen molar-refractivity contribution in [2.75, 3.05) is 16.8 Å². The molecule has 2 aromatic rings. The maximum Gasteiger partial charge on any atom is 0.236 e. The van der Waals surface area contributed by atoms with E-state index < -0.39 is 0 Å². The van der Waals surface area contributed by atoms with Crippen molar-refractivity contribution in [3.05, 3.63) is 34.0 Å². The number of amides is 1. The molecule has 0 unspecified atom stereocenters. The summed E-state index contributed by atoms with van der Waals surface area (Å²) in [5.74, 6) is 1.87. The second kappa shape index (κ2) is 8.79. The molecule has 0 radical (unpaired) electrons. The number of hydrogen-bond donors (Lipinski definition) is 1. The van der Waals surface area contributed by atoms with Crippen molar-refractivity contribution in [1.82, 2.24) is 10.2 Å². The van der Waals surface area contributed by atoms with Crippen LogP contribution in [0.25, 0.3) is 0 Å². The lowest BCUT2D eigenvalue weighted by Gasteiger charge is -2.00. The number of thioether (sulfide) groups is 2. The van der Waals surface area contributed by atoms with Gasteiger partial charge in [0.1, 0.15) is 0 Å². The lowest BCUT2D eigenvalue weighted by molar-refractivity contribution is -0.113. The molecule has 9 heteroatoms. The van der Waals surface area contributed by atoms with Gasteiger partial charge in [0.05, 0.1) is 10.1 Å². The zero-order valence-electron chi connectivity index (χ0n) is 10.9. The predicted molar refractivity (Wildman–Crippen MR) is 95.0 cm³/mol. The van der Waals surface area contributed by atoms with Crippen LogP contribution in [-0.2, 0) is 10.5 Å². The van der Waals surface area contributed by atoms with Crippen molar-refractivity contribution in [2.24, 2.45) is 0 Å². The third-order valence-corrected chi connectivity index (χ3v) is 6.45. The van der Waals surface area contributed by atoms with Crippen LogP contribution in [0.1, 0.15) is 4.88 Å². The number of rotatable bonds is 8. The van der Waals surface area contributed by atoms with Gasteiger partial charge < -0.3 is 0 Å². The van der Waals surface area contributed by atoms with E-state index in [1.807, 2.05) is 12.1 Å². The highest BCUT2D eigenvalue weighted by molar-refractivity contribution is 8.01. The molecular weight excluding hydrogens is 366 g/mol. The molecule has 0 aliphatic heterocycles. The second-order valence-corrected chi connectivity index (χ2v) is 8.75. The standard InChI is InChI=1S/C12H12ClN3OS4/c1-2-5-19-12-16-15-11(21-12)14-10(17)7-18-6-8-3-4-9(13)20-8/h2-4H,1,5-7H2,(H,14,15,17). The van der Waals surface area contributed by atoms with Gasteiger partial charge in [0, 0.05) is 16.4 Å². The van der Waals surface area contributed by atoms with E-state index in [2.05, 4.69) is 22.1 Å². The third kappa shape index (κ3) is 5.99. The van der Waals surface area contributed by atoms with Crippen LogP contribution in [0.15, 0.2) is 29.1 Å². The molecule has 0 aliphatic rings. The number of aromatic nitrogens is 2. The summed E-state index contributed by atoms with van der Waals surface area (Å²) in [6.07, 6.45) is 1.80. The van der Waals surface area contributed by atoms with E-state index in [-0.39, 0.29) is 5.91 Å². The summed E-state index contributed by atoms with van der Waals surface area (Å²) in [5.41, 5.74) is 0. The first-order valence-electron chi connectivity index (χ1n) is 5.86. The number of halogens is 1. The van der Waals surface area contributed by atoms with E-state index in [4.69, 9.17) is 11.6 Å². The van der Waals surface area contributed by atoms with Crippen LogP contribution in [0.2, 0.25) is 4.34 Å². The Morgan fingerprint density at radius 1 is 1.43 bits per heavy atom. The first-order valence-corrected chi connectivity index (χ1v) is 10.0. The molecule has 0 aromatic carbocycles. The number of hydrogen-bond acceptors (Lipinski definition) is 7. The van der Waals surface area contributed by atoms with Crippen molar-refractivity contribution >= 4 is 68.8 Å². The van der Waals surface area contributed by atoms with Crippen molar-refractivity contribution in [1.29, 1.82) is 0 Å².